The van der Waals surface area contributed by atoms with E-state index in [4.69, 9.17) is 22.4 Å². The lowest BCUT2D eigenvalue weighted by atomic mass is 10.3. The summed E-state index contributed by atoms with van der Waals surface area (Å²) >= 11 is 5.57. The number of hydrogen-bond donors (Lipinski definition) is 2. The van der Waals surface area contributed by atoms with E-state index >= 15 is 0 Å². The van der Waals surface area contributed by atoms with Crippen LogP contribution in [0.15, 0.2) is 18.2 Å². The standard InChI is InChI=1S/C8H9ClN2O/c9-8-7(12)4-3-6(11-8)2-1-5-10/h1-4,12H,5,10H2. The second kappa shape index (κ2) is 4.09. The fraction of sp³-hybridized carbons (Fsp3) is 0.125. The lowest BCUT2D eigenvalue weighted by Gasteiger charge is -1.96. The average molecular weight is 185 g/mol. The zero-order valence-corrected chi connectivity index (χ0v) is 7.12. The molecule has 0 spiro atoms. The molecule has 0 bridgehead atoms. The highest BCUT2D eigenvalue weighted by Gasteiger charge is 1.97. The minimum Gasteiger partial charge on any atom is -0.505 e. The fourth-order valence-corrected chi connectivity index (χ4v) is 0.883. The van der Waals surface area contributed by atoms with Gasteiger partial charge in [0.25, 0.3) is 0 Å². The summed E-state index contributed by atoms with van der Waals surface area (Å²) in [7, 11) is 0. The molecule has 3 N–H and O–H groups in total. The number of halogens is 1. The van der Waals surface area contributed by atoms with E-state index in [1.165, 1.54) is 6.07 Å². The summed E-state index contributed by atoms with van der Waals surface area (Å²) in [6.07, 6.45) is 3.50. The Morgan fingerprint density at radius 2 is 2.33 bits per heavy atom. The van der Waals surface area contributed by atoms with E-state index < -0.39 is 0 Å². The van der Waals surface area contributed by atoms with Gasteiger partial charge in [0.1, 0.15) is 0 Å². The van der Waals surface area contributed by atoms with Crippen LogP contribution < -0.4 is 5.73 Å². The van der Waals surface area contributed by atoms with Crippen molar-refractivity contribution in [3.05, 3.63) is 29.1 Å². The minimum absolute atomic E-state index is 0.0124. The Morgan fingerprint density at radius 3 is 2.92 bits per heavy atom. The summed E-state index contributed by atoms with van der Waals surface area (Å²) in [5, 5.41) is 9.13. The largest absolute Gasteiger partial charge is 0.505 e. The van der Waals surface area contributed by atoms with Crippen molar-refractivity contribution >= 4 is 17.7 Å². The monoisotopic (exact) mass is 184 g/mol. The number of pyridine rings is 1. The van der Waals surface area contributed by atoms with E-state index in [1.54, 1.807) is 18.2 Å². The van der Waals surface area contributed by atoms with Gasteiger partial charge in [0, 0.05) is 6.54 Å². The van der Waals surface area contributed by atoms with Gasteiger partial charge in [-0.3, -0.25) is 0 Å². The van der Waals surface area contributed by atoms with Crippen LogP contribution in [0, 0.1) is 0 Å². The zero-order valence-electron chi connectivity index (χ0n) is 6.37. The maximum atomic E-state index is 9.03. The van der Waals surface area contributed by atoms with E-state index in [9.17, 15) is 0 Å². The Kier molecular flexibility index (Phi) is 3.08. The molecule has 0 unspecified atom stereocenters. The number of nitrogens with two attached hydrogens (primary N) is 1. The highest BCUT2D eigenvalue weighted by molar-refractivity contribution is 6.30. The predicted molar refractivity (Wildman–Crippen MR) is 49.0 cm³/mol. The molecule has 0 aromatic carbocycles. The second-order valence-electron chi connectivity index (χ2n) is 2.18. The maximum absolute atomic E-state index is 9.03. The van der Waals surface area contributed by atoms with Crippen molar-refractivity contribution in [3.8, 4) is 5.75 Å². The molecule has 0 amide bonds. The molecule has 1 rings (SSSR count). The third-order valence-corrected chi connectivity index (χ3v) is 1.55. The quantitative estimate of drug-likeness (QED) is 0.684. The third kappa shape index (κ3) is 2.22. The second-order valence-corrected chi connectivity index (χ2v) is 2.54. The molecule has 1 heterocycles. The smallest absolute Gasteiger partial charge is 0.171 e. The average Bonchev–Trinajstić information content (AvgIpc) is 2.07. The van der Waals surface area contributed by atoms with Crippen LogP contribution in [-0.4, -0.2) is 16.6 Å². The summed E-state index contributed by atoms with van der Waals surface area (Å²) in [5.41, 5.74) is 5.93. The van der Waals surface area contributed by atoms with Crippen LogP contribution in [0.5, 0.6) is 5.75 Å². The number of aromatic hydroxyl groups is 1. The highest BCUT2D eigenvalue weighted by Crippen LogP contribution is 2.20. The van der Waals surface area contributed by atoms with Gasteiger partial charge in [0.15, 0.2) is 10.9 Å². The van der Waals surface area contributed by atoms with Gasteiger partial charge in [-0.05, 0) is 18.2 Å². The molecule has 0 fully saturated rings. The van der Waals surface area contributed by atoms with Gasteiger partial charge in [-0.25, -0.2) is 4.98 Å². The molecular weight excluding hydrogens is 176 g/mol. The lowest BCUT2D eigenvalue weighted by Crippen LogP contribution is -1.92. The SMILES string of the molecule is NCC=Cc1ccc(O)c(Cl)n1. The van der Waals surface area contributed by atoms with Gasteiger partial charge in [0.05, 0.1) is 5.69 Å². The molecule has 0 saturated heterocycles. The van der Waals surface area contributed by atoms with Crippen LogP contribution in [0.1, 0.15) is 5.69 Å². The lowest BCUT2D eigenvalue weighted by molar-refractivity contribution is 0.473. The first-order valence-corrected chi connectivity index (χ1v) is 3.84. The normalized spacial score (nSPS) is 10.8. The highest BCUT2D eigenvalue weighted by atomic mass is 35.5. The first-order valence-electron chi connectivity index (χ1n) is 3.46. The Labute approximate surface area is 75.5 Å². The summed E-state index contributed by atoms with van der Waals surface area (Å²) in [6.45, 7) is 0.459. The molecule has 4 heteroatoms. The van der Waals surface area contributed by atoms with E-state index in [2.05, 4.69) is 4.98 Å². The summed E-state index contributed by atoms with van der Waals surface area (Å²) in [4.78, 5) is 3.88. The third-order valence-electron chi connectivity index (χ3n) is 1.28. The van der Waals surface area contributed by atoms with Crippen LogP contribution >= 0.6 is 11.6 Å². The molecular formula is C8H9ClN2O. The first kappa shape index (κ1) is 9.03. The molecule has 0 aliphatic rings. The Balaban J connectivity index is 2.89. The Hall–Kier alpha value is -1.06. The number of rotatable bonds is 2. The van der Waals surface area contributed by atoms with Crippen molar-refractivity contribution in [2.45, 2.75) is 0 Å². The van der Waals surface area contributed by atoms with E-state index in [-0.39, 0.29) is 10.9 Å². The zero-order chi connectivity index (χ0) is 8.97. The molecule has 12 heavy (non-hydrogen) atoms. The minimum atomic E-state index is -0.0124. The van der Waals surface area contributed by atoms with Gasteiger partial charge < -0.3 is 10.8 Å². The van der Waals surface area contributed by atoms with E-state index in [1.807, 2.05) is 0 Å². The molecule has 0 atom stereocenters. The van der Waals surface area contributed by atoms with Gasteiger partial charge in [-0.1, -0.05) is 17.7 Å². The Morgan fingerprint density at radius 1 is 1.58 bits per heavy atom. The van der Waals surface area contributed by atoms with E-state index in [0.717, 1.165) is 0 Å². The van der Waals surface area contributed by atoms with Gasteiger partial charge in [0.2, 0.25) is 0 Å². The summed E-state index contributed by atoms with van der Waals surface area (Å²) < 4.78 is 0. The summed E-state index contributed by atoms with van der Waals surface area (Å²) in [5.74, 6) is -0.0124. The molecule has 1 aromatic rings. The fourth-order valence-electron chi connectivity index (χ4n) is 0.723. The molecule has 0 radical (unpaired) electrons. The van der Waals surface area contributed by atoms with Crippen LogP contribution in [0.25, 0.3) is 6.08 Å². The Bertz CT molecular complexity index is 299. The van der Waals surface area contributed by atoms with Crippen LogP contribution in [-0.2, 0) is 0 Å². The van der Waals surface area contributed by atoms with E-state index in [0.29, 0.717) is 12.2 Å². The van der Waals surface area contributed by atoms with Crippen molar-refractivity contribution in [3.63, 3.8) is 0 Å². The molecule has 0 saturated carbocycles. The van der Waals surface area contributed by atoms with Crippen molar-refractivity contribution in [1.82, 2.24) is 4.98 Å². The van der Waals surface area contributed by atoms with Crippen molar-refractivity contribution in [2.24, 2.45) is 5.73 Å². The van der Waals surface area contributed by atoms with Crippen LogP contribution in [0.3, 0.4) is 0 Å². The topological polar surface area (TPSA) is 59.1 Å². The first-order chi connectivity index (χ1) is 5.74. The predicted octanol–water partition coefficient (Wildman–Crippen LogP) is 1.41. The number of nitrogens with zero attached hydrogens (tertiary/aromatic N) is 1. The van der Waals surface area contributed by atoms with Gasteiger partial charge in [-0.15, -0.1) is 0 Å². The van der Waals surface area contributed by atoms with Crippen LogP contribution in [0.2, 0.25) is 5.15 Å². The van der Waals surface area contributed by atoms with Crippen molar-refractivity contribution in [1.29, 1.82) is 0 Å². The number of aromatic nitrogens is 1. The molecule has 64 valence electrons. The molecule has 1 aromatic heterocycles. The number of hydrogen-bond acceptors (Lipinski definition) is 3. The maximum Gasteiger partial charge on any atom is 0.171 e. The van der Waals surface area contributed by atoms with Crippen molar-refractivity contribution < 1.29 is 5.11 Å². The molecule has 0 aliphatic heterocycles. The van der Waals surface area contributed by atoms with Gasteiger partial charge >= 0.3 is 0 Å². The van der Waals surface area contributed by atoms with Gasteiger partial charge in [-0.2, -0.15) is 0 Å². The summed E-state index contributed by atoms with van der Waals surface area (Å²) in [6, 6.07) is 3.15. The van der Waals surface area contributed by atoms with Crippen molar-refractivity contribution in [2.75, 3.05) is 6.54 Å². The van der Waals surface area contributed by atoms with Crippen LogP contribution in [0.4, 0.5) is 0 Å². The molecule has 0 aliphatic carbocycles. The molecule has 3 nitrogen and oxygen atoms in total.